The molecule has 100 valence electrons. The Hall–Kier alpha value is -2.55. The second-order valence-electron chi connectivity index (χ2n) is 4.49. The molecule has 0 unspecified atom stereocenters. The van der Waals surface area contributed by atoms with Gasteiger partial charge in [-0.2, -0.15) is 5.10 Å². The Bertz CT molecular complexity index is 672. The van der Waals surface area contributed by atoms with E-state index in [1.807, 2.05) is 49.4 Å². The molecule has 2 aromatic carbocycles. The van der Waals surface area contributed by atoms with Gasteiger partial charge in [-0.15, -0.1) is 0 Å². The van der Waals surface area contributed by atoms with Crippen molar-refractivity contribution >= 4 is 0 Å². The van der Waals surface area contributed by atoms with E-state index < -0.39 is 0 Å². The summed E-state index contributed by atoms with van der Waals surface area (Å²) in [5.74, 6) is 0.888. The molecular weight excluding hydrogens is 248 g/mol. The highest BCUT2D eigenvalue weighted by Gasteiger charge is 2.05. The number of aromatic amines is 1. The van der Waals surface area contributed by atoms with E-state index in [0.29, 0.717) is 6.61 Å². The molecule has 0 radical (unpaired) electrons. The van der Waals surface area contributed by atoms with Gasteiger partial charge in [-0.05, 0) is 42.8 Å². The molecule has 0 aliphatic rings. The van der Waals surface area contributed by atoms with Crippen molar-refractivity contribution in [1.82, 2.24) is 10.2 Å². The predicted octanol–water partition coefficient (Wildman–Crippen LogP) is 4.14. The first kappa shape index (κ1) is 12.5. The van der Waals surface area contributed by atoms with E-state index in [1.165, 1.54) is 0 Å². The highest BCUT2D eigenvalue weighted by molar-refractivity contribution is 5.68. The zero-order chi connectivity index (χ0) is 13.8. The lowest BCUT2D eigenvalue weighted by Crippen LogP contribution is -1.90. The number of nitrogens with one attached hydrogen (secondary N) is 1. The third-order valence-electron chi connectivity index (χ3n) is 3.12. The van der Waals surface area contributed by atoms with E-state index in [1.54, 1.807) is 0 Å². The monoisotopic (exact) mass is 264 g/mol. The topological polar surface area (TPSA) is 37.9 Å². The average Bonchev–Trinajstić information content (AvgIpc) is 2.99. The third-order valence-corrected chi connectivity index (χ3v) is 3.12. The summed E-state index contributed by atoms with van der Waals surface area (Å²) in [6.07, 6.45) is 0. The van der Waals surface area contributed by atoms with Crippen LogP contribution in [-0.4, -0.2) is 16.8 Å². The van der Waals surface area contributed by atoms with E-state index in [2.05, 4.69) is 28.4 Å². The lowest BCUT2D eigenvalue weighted by Gasteiger charge is -2.03. The van der Waals surface area contributed by atoms with E-state index >= 15 is 0 Å². The Morgan fingerprint density at radius 3 is 2.40 bits per heavy atom. The van der Waals surface area contributed by atoms with Gasteiger partial charge in [0, 0.05) is 5.56 Å². The van der Waals surface area contributed by atoms with Crippen LogP contribution < -0.4 is 4.74 Å². The molecule has 0 aliphatic heterocycles. The van der Waals surface area contributed by atoms with Gasteiger partial charge in [0.25, 0.3) is 0 Å². The Kier molecular flexibility index (Phi) is 3.50. The molecule has 3 aromatic rings. The van der Waals surface area contributed by atoms with Gasteiger partial charge < -0.3 is 4.74 Å². The van der Waals surface area contributed by atoms with Crippen molar-refractivity contribution in [3.8, 4) is 28.3 Å². The number of ether oxygens (including phenoxy) is 1. The zero-order valence-electron chi connectivity index (χ0n) is 11.3. The van der Waals surface area contributed by atoms with Crippen LogP contribution in [0, 0.1) is 0 Å². The molecule has 3 rings (SSSR count). The second-order valence-corrected chi connectivity index (χ2v) is 4.49. The molecular formula is C17H16N2O. The summed E-state index contributed by atoms with van der Waals surface area (Å²) in [5, 5.41) is 7.45. The van der Waals surface area contributed by atoms with Gasteiger partial charge in [-0.1, -0.05) is 30.3 Å². The molecule has 1 N–H and O–H groups in total. The summed E-state index contributed by atoms with van der Waals surface area (Å²) in [6.45, 7) is 2.66. The number of hydrogen-bond acceptors (Lipinski definition) is 2. The maximum absolute atomic E-state index is 5.45. The highest BCUT2D eigenvalue weighted by atomic mass is 16.5. The fraction of sp³-hybridized carbons (Fsp3) is 0.118. The lowest BCUT2D eigenvalue weighted by molar-refractivity contribution is 0.340. The molecule has 20 heavy (non-hydrogen) atoms. The molecule has 0 fully saturated rings. The van der Waals surface area contributed by atoms with Gasteiger partial charge in [0.15, 0.2) is 0 Å². The summed E-state index contributed by atoms with van der Waals surface area (Å²) in [4.78, 5) is 0. The largest absolute Gasteiger partial charge is 0.494 e. The maximum Gasteiger partial charge on any atom is 0.119 e. The first-order valence-electron chi connectivity index (χ1n) is 6.71. The van der Waals surface area contributed by atoms with Gasteiger partial charge in [0.1, 0.15) is 5.75 Å². The minimum atomic E-state index is 0.682. The smallest absolute Gasteiger partial charge is 0.119 e. The number of nitrogens with zero attached hydrogens (tertiary/aromatic N) is 1. The molecule has 0 saturated carbocycles. The Balaban J connectivity index is 1.86. The summed E-state index contributed by atoms with van der Waals surface area (Å²) in [7, 11) is 0. The minimum Gasteiger partial charge on any atom is -0.494 e. The molecule has 1 aromatic heterocycles. The standard InChI is InChI=1S/C17H16N2O/c1-2-20-15-10-8-14(9-11-15)17-12-16(18-19-17)13-6-4-3-5-7-13/h3-12H,2H2,1H3,(H,18,19). The molecule has 1 heterocycles. The first-order chi connectivity index (χ1) is 9.86. The van der Waals surface area contributed by atoms with Crippen molar-refractivity contribution in [2.24, 2.45) is 0 Å². The van der Waals surface area contributed by atoms with Crippen LogP contribution in [0.15, 0.2) is 60.7 Å². The number of aromatic nitrogens is 2. The normalized spacial score (nSPS) is 10.4. The Morgan fingerprint density at radius 1 is 0.950 bits per heavy atom. The van der Waals surface area contributed by atoms with Crippen molar-refractivity contribution in [1.29, 1.82) is 0 Å². The quantitative estimate of drug-likeness (QED) is 0.769. The fourth-order valence-corrected chi connectivity index (χ4v) is 2.12. The van der Waals surface area contributed by atoms with Gasteiger partial charge in [-0.3, -0.25) is 5.10 Å². The minimum absolute atomic E-state index is 0.682. The number of benzene rings is 2. The molecule has 0 atom stereocenters. The van der Waals surface area contributed by atoms with Gasteiger partial charge in [-0.25, -0.2) is 0 Å². The molecule has 0 aliphatic carbocycles. The van der Waals surface area contributed by atoms with Crippen LogP contribution in [-0.2, 0) is 0 Å². The molecule has 0 saturated heterocycles. The second kappa shape index (κ2) is 5.61. The van der Waals surface area contributed by atoms with Crippen molar-refractivity contribution < 1.29 is 4.74 Å². The Morgan fingerprint density at radius 2 is 1.70 bits per heavy atom. The maximum atomic E-state index is 5.45. The molecule has 0 bridgehead atoms. The molecule has 3 nitrogen and oxygen atoms in total. The summed E-state index contributed by atoms with van der Waals surface area (Å²) >= 11 is 0. The summed E-state index contributed by atoms with van der Waals surface area (Å²) in [5.41, 5.74) is 4.17. The van der Waals surface area contributed by atoms with Crippen molar-refractivity contribution in [3.05, 3.63) is 60.7 Å². The predicted molar refractivity (Wildman–Crippen MR) is 80.6 cm³/mol. The SMILES string of the molecule is CCOc1ccc(-c2cc(-c3ccccc3)n[nH]2)cc1. The van der Waals surface area contributed by atoms with Crippen LogP contribution in [0.5, 0.6) is 5.75 Å². The first-order valence-corrected chi connectivity index (χ1v) is 6.71. The number of H-pyrrole nitrogens is 1. The highest BCUT2D eigenvalue weighted by Crippen LogP contribution is 2.25. The van der Waals surface area contributed by atoms with Gasteiger partial charge in [0.2, 0.25) is 0 Å². The van der Waals surface area contributed by atoms with Gasteiger partial charge in [0.05, 0.1) is 18.0 Å². The van der Waals surface area contributed by atoms with Crippen molar-refractivity contribution in [2.75, 3.05) is 6.61 Å². The molecule has 0 spiro atoms. The van der Waals surface area contributed by atoms with E-state index in [4.69, 9.17) is 4.74 Å². The van der Waals surface area contributed by atoms with Crippen LogP contribution in [0.25, 0.3) is 22.5 Å². The number of rotatable bonds is 4. The number of hydrogen-bond donors (Lipinski definition) is 1. The Labute approximate surface area is 118 Å². The van der Waals surface area contributed by atoms with Crippen molar-refractivity contribution in [2.45, 2.75) is 6.92 Å². The molecule has 0 amide bonds. The van der Waals surface area contributed by atoms with E-state index in [0.717, 1.165) is 28.3 Å². The van der Waals surface area contributed by atoms with E-state index in [9.17, 15) is 0 Å². The summed E-state index contributed by atoms with van der Waals surface area (Å²) in [6, 6.07) is 20.2. The van der Waals surface area contributed by atoms with Crippen LogP contribution in [0.4, 0.5) is 0 Å². The summed E-state index contributed by atoms with van der Waals surface area (Å²) < 4.78 is 5.45. The van der Waals surface area contributed by atoms with Crippen LogP contribution >= 0.6 is 0 Å². The van der Waals surface area contributed by atoms with Crippen LogP contribution in [0.2, 0.25) is 0 Å². The lowest BCUT2D eigenvalue weighted by atomic mass is 10.1. The zero-order valence-corrected chi connectivity index (χ0v) is 11.3. The molecule has 3 heteroatoms. The van der Waals surface area contributed by atoms with Crippen LogP contribution in [0.1, 0.15) is 6.92 Å². The fourth-order valence-electron chi connectivity index (χ4n) is 2.12. The average molecular weight is 264 g/mol. The van der Waals surface area contributed by atoms with Gasteiger partial charge >= 0.3 is 0 Å². The van der Waals surface area contributed by atoms with Crippen LogP contribution in [0.3, 0.4) is 0 Å². The third kappa shape index (κ3) is 2.57. The van der Waals surface area contributed by atoms with E-state index in [-0.39, 0.29) is 0 Å². The van der Waals surface area contributed by atoms with Crippen molar-refractivity contribution in [3.63, 3.8) is 0 Å².